The summed E-state index contributed by atoms with van der Waals surface area (Å²) in [6.45, 7) is 3.25. The van der Waals surface area contributed by atoms with Crippen LogP contribution < -0.4 is 4.90 Å². The first-order valence-corrected chi connectivity index (χ1v) is 11.5. The Morgan fingerprint density at radius 2 is 1.65 bits per heavy atom. The molecule has 0 radical (unpaired) electrons. The van der Waals surface area contributed by atoms with E-state index in [9.17, 15) is 19.8 Å². The van der Waals surface area contributed by atoms with E-state index in [0.29, 0.717) is 61.2 Å². The molecule has 5 rings (SSSR count). The van der Waals surface area contributed by atoms with E-state index in [4.69, 9.17) is 11.6 Å². The number of nitrogens with zero attached hydrogens (tertiary/aromatic N) is 5. The van der Waals surface area contributed by atoms with Crippen molar-refractivity contribution in [3.05, 3.63) is 64.9 Å². The van der Waals surface area contributed by atoms with E-state index in [1.165, 1.54) is 0 Å². The molecule has 0 spiro atoms. The molecule has 0 aliphatic carbocycles. The van der Waals surface area contributed by atoms with Crippen LogP contribution in [0.25, 0.3) is 10.9 Å². The number of hydrogen-bond donors (Lipinski definition) is 2. The number of carboxylic acids is 1. The normalized spacial score (nSPS) is 21.2. The molecule has 176 valence electrons. The highest BCUT2D eigenvalue weighted by Gasteiger charge is 2.38. The number of anilines is 1. The SMILES string of the molecule is O=C(O)c1nc(N2CC(O)C(N3CCN(C(=O)c4ccc(Cl)cc4)CC3)C2)c2ccccc2n1. The summed E-state index contributed by atoms with van der Waals surface area (Å²) in [6, 6.07) is 14.0. The van der Waals surface area contributed by atoms with Gasteiger partial charge in [-0.15, -0.1) is 0 Å². The minimum Gasteiger partial charge on any atom is -0.475 e. The Kier molecular flexibility index (Phi) is 6.07. The molecular weight excluding hydrogens is 458 g/mol. The maximum atomic E-state index is 12.8. The zero-order valence-corrected chi connectivity index (χ0v) is 19.1. The molecule has 2 N–H and O–H groups in total. The van der Waals surface area contributed by atoms with Crippen molar-refractivity contribution in [2.45, 2.75) is 12.1 Å². The standard InChI is InChI=1S/C24H24ClN5O4/c25-16-7-5-15(6-8-16)23(32)29-11-9-28(10-12-29)19-13-30(14-20(19)31)22-17-3-1-2-4-18(17)26-21(27-22)24(33)34/h1-8,19-20,31H,9-14H2,(H,33,34). The highest BCUT2D eigenvalue weighted by atomic mass is 35.5. The second-order valence-electron chi connectivity index (χ2n) is 8.57. The Bertz CT molecular complexity index is 1230. The lowest BCUT2D eigenvalue weighted by Gasteiger charge is -2.38. The first kappa shape index (κ1) is 22.5. The fourth-order valence-electron chi connectivity index (χ4n) is 4.73. The molecule has 1 amide bonds. The summed E-state index contributed by atoms with van der Waals surface area (Å²) in [6.07, 6.45) is -0.625. The fourth-order valence-corrected chi connectivity index (χ4v) is 4.86. The highest BCUT2D eigenvalue weighted by Crippen LogP contribution is 2.29. The molecule has 2 unspecified atom stereocenters. The molecule has 34 heavy (non-hydrogen) atoms. The van der Waals surface area contributed by atoms with Crippen molar-refractivity contribution in [1.82, 2.24) is 19.8 Å². The molecule has 0 bridgehead atoms. The van der Waals surface area contributed by atoms with Gasteiger partial charge in [0.25, 0.3) is 5.91 Å². The maximum absolute atomic E-state index is 12.8. The quantitative estimate of drug-likeness (QED) is 0.582. The summed E-state index contributed by atoms with van der Waals surface area (Å²) in [5.41, 5.74) is 1.16. The number of carbonyl (C=O) groups excluding carboxylic acids is 1. The van der Waals surface area contributed by atoms with Crippen LogP contribution in [0, 0.1) is 0 Å². The lowest BCUT2D eigenvalue weighted by Crippen LogP contribution is -2.54. The molecule has 0 saturated carbocycles. The van der Waals surface area contributed by atoms with Crippen molar-refractivity contribution in [3.63, 3.8) is 0 Å². The summed E-state index contributed by atoms with van der Waals surface area (Å²) in [5, 5.41) is 21.7. The number of para-hydroxylation sites is 1. The van der Waals surface area contributed by atoms with E-state index in [1.807, 2.05) is 21.9 Å². The fraction of sp³-hybridized carbons (Fsp3) is 0.333. The Balaban J connectivity index is 1.29. The third-order valence-electron chi connectivity index (χ3n) is 6.49. The molecular formula is C24H24ClN5O4. The van der Waals surface area contributed by atoms with Gasteiger partial charge in [0.05, 0.1) is 17.7 Å². The Labute approximate surface area is 201 Å². The number of rotatable bonds is 4. The molecule has 2 saturated heterocycles. The average molecular weight is 482 g/mol. The van der Waals surface area contributed by atoms with Crippen molar-refractivity contribution in [2.24, 2.45) is 0 Å². The predicted octanol–water partition coefficient (Wildman–Crippen LogP) is 1.99. The van der Waals surface area contributed by atoms with Crippen molar-refractivity contribution >= 4 is 40.2 Å². The van der Waals surface area contributed by atoms with Crippen LogP contribution in [-0.4, -0.2) is 93.3 Å². The molecule has 9 nitrogen and oxygen atoms in total. The average Bonchev–Trinajstić information content (AvgIpc) is 3.24. The van der Waals surface area contributed by atoms with E-state index in [1.54, 1.807) is 36.4 Å². The monoisotopic (exact) mass is 481 g/mol. The molecule has 2 fully saturated rings. The summed E-state index contributed by atoms with van der Waals surface area (Å²) >= 11 is 5.92. The number of aliphatic hydroxyl groups is 1. The number of amides is 1. The zero-order valence-electron chi connectivity index (χ0n) is 18.3. The van der Waals surface area contributed by atoms with Gasteiger partial charge in [-0.3, -0.25) is 9.69 Å². The molecule has 2 atom stereocenters. The van der Waals surface area contributed by atoms with Gasteiger partial charge in [-0.2, -0.15) is 0 Å². The largest absolute Gasteiger partial charge is 0.475 e. The van der Waals surface area contributed by atoms with Gasteiger partial charge < -0.3 is 20.0 Å². The van der Waals surface area contributed by atoms with Crippen LogP contribution in [0.3, 0.4) is 0 Å². The van der Waals surface area contributed by atoms with Crippen molar-refractivity contribution in [3.8, 4) is 0 Å². The summed E-state index contributed by atoms with van der Waals surface area (Å²) in [4.78, 5) is 38.7. The third-order valence-corrected chi connectivity index (χ3v) is 6.75. The second kappa shape index (κ2) is 9.17. The van der Waals surface area contributed by atoms with Crippen molar-refractivity contribution in [1.29, 1.82) is 0 Å². The number of aliphatic hydroxyl groups excluding tert-OH is 1. The number of benzene rings is 2. The van der Waals surface area contributed by atoms with Gasteiger partial charge in [0, 0.05) is 55.2 Å². The van der Waals surface area contributed by atoms with Crippen LogP contribution in [0.4, 0.5) is 5.82 Å². The maximum Gasteiger partial charge on any atom is 0.374 e. The van der Waals surface area contributed by atoms with Crippen LogP contribution in [-0.2, 0) is 0 Å². The molecule has 1 aromatic heterocycles. The number of aromatic carboxylic acids is 1. The summed E-state index contributed by atoms with van der Waals surface area (Å²) in [5.74, 6) is -0.967. The van der Waals surface area contributed by atoms with Gasteiger partial charge in [-0.25, -0.2) is 14.8 Å². The molecule has 2 aromatic carbocycles. The van der Waals surface area contributed by atoms with Gasteiger partial charge >= 0.3 is 5.97 Å². The number of carboxylic acid groups (broad SMARTS) is 1. The smallest absolute Gasteiger partial charge is 0.374 e. The van der Waals surface area contributed by atoms with Gasteiger partial charge in [0.2, 0.25) is 5.82 Å². The number of hydrogen-bond acceptors (Lipinski definition) is 7. The topological polar surface area (TPSA) is 110 Å². The lowest BCUT2D eigenvalue weighted by atomic mass is 10.1. The number of aromatic nitrogens is 2. The van der Waals surface area contributed by atoms with Crippen LogP contribution in [0.1, 0.15) is 21.0 Å². The summed E-state index contributed by atoms with van der Waals surface area (Å²) in [7, 11) is 0. The Morgan fingerprint density at radius 3 is 2.35 bits per heavy atom. The van der Waals surface area contributed by atoms with E-state index in [2.05, 4.69) is 14.9 Å². The summed E-state index contributed by atoms with van der Waals surface area (Å²) < 4.78 is 0. The number of piperazine rings is 1. The van der Waals surface area contributed by atoms with E-state index in [0.717, 1.165) is 5.39 Å². The van der Waals surface area contributed by atoms with Crippen molar-refractivity contribution < 1.29 is 19.8 Å². The van der Waals surface area contributed by atoms with E-state index < -0.39 is 12.1 Å². The molecule has 10 heteroatoms. The van der Waals surface area contributed by atoms with Crippen LogP contribution in [0.15, 0.2) is 48.5 Å². The minimum atomic E-state index is -1.19. The first-order chi connectivity index (χ1) is 16.4. The lowest BCUT2D eigenvalue weighted by molar-refractivity contribution is 0.0376. The van der Waals surface area contributed by atoms with Crippen LogP contribution in [0.2, 0.25) is 5.02 Å². The van der Waals surface area contributed by atoms with E-state index >= 15 is 0 Å². The number of halogens is 1. The first-order valence-electron chi connectivity index (χ1n) is 11.1. The number of fused-ring (bicyclic) bond motifs is 1. The van der Waals surface area contributed by atoms with Gasteiger partial charge in [-0.05, 0) is 36.4 Å². The van der Waals surface area contributed by atoms with E-state index in [-0.39, 0.29) is 17.8 Å². The van der Waals surface area contributed by atoms with Crippen LogP contribution >= 0.6 is 11.6 Å². The predicted molar refractivity (Wildman–Crippen MR) is 127 cm³/mol. The van der Waals surface area contributed by atoms with Crippen LogP contribution in [0.5, 0.6) is 0 Å². The Morgan fingerprint density at radius 1 is 0.941 bits per heavy atom. The third kappa shape index (κ3) is 4.29. The minimum absolute atomic E-state index is 0.0291. The molecule has 3 aromatic rings. The van der Waals surface area contributed by atoms with Gasteiger partial charge in [0.1, 0.15) is 5.82 Å². The number of β-amino-alcohol motifs (C(OH)–C–C–N with tert-alkyl or cyclic N) is 1. The molecule has 3 heterocycles. The second-order valence-corrected chi connectivity index (χ2v) is 9.00. The van der Waals surface area contributed by atoms with Gasteiger partial charge in [-0.1, -0.05) is 23.7 Å². The zero-order chi connectivity index (χ0) is 23.8. The Hall–Kier alpha value is -3.27. The van der Waals surface area contributed by atoms with Crippen molar-refractivity contribution in [2.75, 3.05) is 44.2 Å². The highest BCUT2D eigenvalue weighted by molar-refractivity contribution is 6.30. The van der Waals surface area contributed by atoms with Gasteiger partial charge in [0.15, 0.2) is 0 Å². The molecule has 2 aliphatic rings. The number of carbonyl (C=O) groups is 2. The molecule has 2 aliphatic heterocycles.